The van der Waals surface area contributed by atoms with Gasteiger partial charge in [-0.05, 0) is 36.8 Å². The van der Waals surface area contributed by atoms with Crippen molar-refractivity contribution in [3.8, 4) is 0 Å². The minimum Gasteiger partial charge on any atom is -0.468 e. The van der Waals surface area contributed by atoms with E-state index in [1.807, 2.05) is 30.8 Å². The zero-order chi connectivity index (χ0) is 19.2. The Balaban J connectivity index is 1.59. The molecule has 1 fully saturated rings. The fourth-order valence-electron chi connectivity index (χ4n) is 2.91. The van der Waals surface area contributed by atoms with E-state index in [0.717, 1.165) is 35.9 Å². The molecule has 0 bridgehead atoms. The number of benzene rings is 1. The van der Waals surface area contributed by atoms with Gasteiger partial charge >= 0.3 is 11.8 Å². The third kappa shape index (κ3) is 5.28. The fraction of sp³-hybridized carbons (Fsp3) is 0.368. The Morgan fingerprint density at radius 1 is 1.26 bits per heavy atom. The quantitative estimate of drug-likeness (QED) is 0.745. The smallest absolute Gasteiger partial charge is 0.313 e. The number of hydrogen-bond acceptors (Lipinski definition) is 5. The third-order valence-corrected chi connectivity index (χ3v) is 5.80. The molecule has 8 heteroatoms. The molecule has 1 atom stereocenters. The minimum absolute atomic E-state index is 0.0912. The second-order valence-corrected chi connectivity index (χ2v) is 7.94. The van der Waals surface area contributed by atoms with Crippen LogP contribution in [0.15, 0.2) is 41.0 Å². The van der Waals surface area contributed by atoms with Crippen LogP contribution in [0.2, 0.25) is 5.02 Å². The van der Waals surface area contributed by atoms with Gasteiger partial charge in [0.05, 0.1) is 12.3 Å². The number of thioether (sulfide) groups is 1. The van der Waals surface area contributed by atoms with Crippen LogP contribution in [0, 0.1) is 6.92 Å². The second kappa shape index (κ2) is 9.30. The van der Waals surface area contributed by atoms with Crippen LogP contribution in [0.5, 0.6) is 0 Å². The first-order valence-electron chi connectivity index (χ1n) is 8.75. The summed E-state index contributed by atoms with van der Waals surface area (Å²) in [5, 5.41) is 5.83. The first-order valence-corrected chi connectivity index (χ1v) is 10.3. The highest BCUT2D eigenvalue weighted by Crippen LogP contribution is 2.24. The number of aryl methyl sites for hydroxylation is 1. The fourth-order valence-corrected chi connectivity index (χ4v) is 4.02. The molecule has 1 aliphatic heterocycles. The van der Waals surface area contributed by atoms with Crippen LogP contribution >= 0.6 is 23.4 Å². The molecule has 2 amide bonds. The molecule has 1 aromatic heterocycles. The predicted molar refractivity (Wildman–Crippen MR) is 108 cm³/mol. The number of anilines is 1. The predicted octanol–water partition coefficient (Wildman–Crippen LogP) is 3.09. The maximum absolute atomic E-state index is 12.2. The molecule has 1 aliphatic rings. The van der Waals surface area contributed by atoms with Gasteiger partial charge in [0.25, 0.3) is 0 Å². The van der Waals surface area contributed by atoms with Gasteiger partial charge in [0.2, 0.25) is 0 Å². The van der Waals surface area contributed by atoms with Gasteiger partial charge < -0.3 is 15.1 Å². The Kier molecular flexibility index (Phi) is 6.82. The van der Waals surface area contributed by atoms with Crippen molar-refractivity contribution >= 4 is 40.9 Å². The van der Waals surface area contributed by atoms with Crippen LogP contribution in [0.1, 0.15) is 17.4 Å². The topological polar surface area (TPSA) is 74.6 Å². The largest absolute Gasteiger partial charge is 0.468 e. The lowest BCUT2D eigenvalue weighted by molar-refractivity contribution is -0.136. The van der Waals surface area contributed by atoms with Crippen molar-refractivity contribution in [3.05, 3.63) is 52.9 Å². The van der Waals surface area contributed by atoms with Crippen molar-refractivity contribution in [2.24, 2.45) is 0 Å². The molecule has 2 N–H and O–H groups in total. The summed E-state index contributed by atoms with van der Waals surface area (Å²) in [6.07, 6.45) is 1.62. The average Bonchev–Trinajstić information content (AvgIpc) is 3.20. The van der Waals surface area contributed by atoms with Gasteiger partial charge in [0.1, 0.15) is 5.76 Å². The van der Waals surface area contributed by atoms with Crippen molar-refractivity contribution in [2.45, 2.75) is 13.0 Å². The highest BCUT2D eigenvalue weighted by atomic mass is 35.5. The Morgan fingerprint density at radius 3 is 2.70 bits per heavy atom. The Hall–Kier alpha value is -1.96. The molecule has 0 unspecified atom stereocenters. The zero-order valence-corrected chi connectivity index (χ0v) is 16.6. The van der Waals surface area contributed by atoms with E-state index in [-0.39, 0.29) is 6.04 Å². The molecule has 1 aromatic carbocycles. The van der Waals surface area contributed by atoms with Gasteiger partial charge in [-0.3, -0.25) is 14.5 Å². The van der Waals surface area contributed by atoms with E-state index in [4.69, 9.17) is 16.0 Å². The lowest BCUT2D eigenvalue weighted by Crippen LogP contribution is -2.44. The number of furan rings is 1. The molecular formula is C19H22ClN3O3S. The number of nitrogens with one attached hydrogen (secondary N) is 2. The van der Waals surface area contributed by atoms with Gasteiger partial charge in [-0.25, -0.2) is 0 Å². The Morgan fingerprint density at radius 2 is 2.04 bits per heavy atom. The molecule has 2 aromatic rings. The van der Waals surface area contributed by atoms with Crippen molar-refractivity contribution in [1.82, 2.24) is 10.2 Å². The van der Waals surface area contributed by atoms with Crippen LogP contribution < -0.4 is 10.6 Å². The lowest BCUT2D eigenvalue weighted by Gasteiger charge is -2.33. The van der Waals surface area contributed by atoms with E-state index in [0.29, 0.717) is 17.3 Å². The summed E-state index contributed by atoms with van der Waals surface area (Å²) in [7, 11) is 0. The van der Waals surface area contributed by atoms with Crippen molar-refractivity contribution in [1.29, 1.82) is 0 Å². The summed E-state index contributed by atoms with van der Waals surface area (Å²) < 4.78 is 5.55. The van der Waals surface area contributed by atoms with Crippen LogP contribution in [-0.2, 0) is 9.59 Å². The number of halogens is 1. The highest BCUT2D eigenvalue weighted by molar-refractivity contribution is 7.99. The highest BCUT2D eigenvalue weighted by Gasteiger charge is 2.26. The molecule has 0 saturated carbocycles. The minimum atomic E-state index is -0.720. The number of rotatable bonds is 5. The maximum Gasteiger partial charge on any atom is 0.313 e. The summed E-state index contributed by atoms with van der Waals surface area (Å²) in [5.41, 5.74) is 1.39. The Bertz CT molecular complexity index is 792. The average molecular weight is 408 g/mol. The van der Waals surface area contributed by atoms with E-state index >= 15 is 0 Å². The summed E-state index contributed by atoms with van der Waals surface area (Å²) in [6.45, 7) is 4.01. The van der Waals surface area contributed by atoms with Gasteiger partial charge in [0.15, 0.2) is 0 Å². The van der Waals surface area contributed by atoms with Crippen LogP contribution in [0.4, 0.5) is 5.69 Å². The van der Waals surface area contributed by atoms with Crippen molar-refractivity contribution < 1.29 is 14.0 Å². The molecule has 0 aliphatic carbocycles. The number of amides is 2. The van der Waals surface area contributed by atoms with E-state index in [1.165, 1.54) is 0 Å². The van der Waals surface area contributed by atoms with Gasteiger partial charge in [0, 0.05) is 41.8 Å². The van der Waals surface area contributed by atoms with Crippen LogP contribution in [0.25, 0.3) is 0 Å². The molecule has 1 saturated heterocycles. The summed E-state index contributed by atoms with van der Waals surface area (Å²) >= 11 is 7.96. The van der Waals surface area contributed by atoms with E-state index in [1.54, 1.807) is 24.5 Å². The normalized spacial score (nSPS) is 15.9. The zero-order valence-electron chi connectivity index (χ0n) is 15.0. The van der Waals surface area contributed by atoms with E-state index < -0.39 is 11.8 Å². The molecule has 2 heterocycles. The standard InChI is InChI=1S/C19H22ClN3O3S/c1-13-4-5-14(11-15(13)20)22-19(25)18(24)21-12-16(17-3-2-8-26-17)23-6-9-27-10-7-23/h2-5,8,11,16H,6-7,9-10,12H2,1H3,(H,21,24)(H,22,25)/t16-/m1/s1. The lowest BCUT2D eigenvalue weighted by atomic mass is 10.2. The molecular weight excluding hydrogens is 386 g/mol. The SMILES string of the molecule is Cc1ccc(NC(=O)C(=O)NC[C@H](c2ccco2)N2CCSCC2)cc1Cl. The number of carbonyl (C=O) groups excluding carboxylic acids is 2. The third-order valence-electron chi connectivity index (χ3n) is 4.45. The van der Waals surface area contributed by atoms with Gasteiger partial charge in [-0.1, -0.05) is 17.7 Å². The molecule has 3 rings (SSSR count). The molecule has 27 heavy (non-hydrogen) atoms. The summed E-state index contributed by atoms with van der Waals surface area (Å²) in [6, 6.07) is 8.76. The molecule has 0 spiro atoms. The molecule has 0 radical (unpaired) electrons. The monoisotopic (exact) mass is 407 g/mol. The van der Waals surface area contributed by atoms with Crippen molar-refractivity contribution in [3.63, 3.8) is 0 Å². The first-order chi connectivity index (χ1) is 13.0. The first kappa shape index (κ1) is 19.8. The number of nitrogens with zero attached hydrogens (tertiary/aromatic N) is 1. The summed E-state index contributed by atoms with van der Waals surface area (Å²) in [5.74, 6) is 1.46. The number of hydrogen-bond donors (Lipinski definition) is 2. The van der Waals surface area contributed by atoms with E-state index in [9.17, 15) is 9.59 Å². The molecule has 144 valence electrons. The molecule has 6 nitrogen and oxygen atoms in total. The number of carbonyl (C=O) groups is 2. The van der Waals surface area contributed by atoms with Gasteiger partial charge in [-0.15, -0.1) is 0 Å². The Labute approximate surface area is 167 Å². The van der Waals surface area contributed by atoms with Gasteiger partial charge in [-0.2, -0.15) is 11.8 Å². The van der Waals surface area contributed by atoms with Crippen molar-refractivity contribution in [2.75, 3.05) is 36.5 Å². The second-order valence-electron chi connectivity index (χ2n) is 6.31. The maximum atomic E-state index is 12.2. The van der Waals surface area contributed by atoms with E-state index in [2.05, 4.69) is 15.5 Å². The van der Waals surface area contributed by atoms with Crippen LogP contribution in [0.3, 0.4) is 0 Å². The van der Waals surface area contributed by atoms with Crippen LogP contribution in [-0.4, -0.2) is 47.9 Å². The summed E-state index contributed by atoms with van der Waals surface area (Å²) in [4.78, 5) is 26.7.